The fourth-order valence-electron chi connectivity index (χ4n) is 2.92. The minimum absolute atomic E-state index is 0.156. The van der Waals surface area contributed by atoms with Gasteiger partial charge in [-0.25, -0.2) is 4.98 Å². The van der Waals surface area contributed by atoms with Crippen LogP contribution in [0, 0.1) is 0 Å². The van der Waals surface area contributed by atoms with E-state index < -0.39 is 0 Å². The Hall–Kier alpha value is -3.26. The average Bonchev–Trinajstić information content (AvgIpc) is 3.38. The van der Waals surface area contributed by atoms with Crippen LogP contribution in [-0.2, 0) is 13.1 Å². The molecule has 0 aliphatic carbocycles. The number of hydrogen-bond acceptors (Lipinski definition) is 6. The zero-order chi connectivity index (χ0) is 19.5. The van der Waals surface area contributed by atoms with Crippen molar-refractivity contribution in [3.05, 3.63) is 66.2 Å². The van der Waals surface area contributed by atoms with E-state index in [9.17, 15) is 4.79 Å². The number of nitrogens with zero attached hydrogens (tertiary/aromatic N) is 5. The Bertz CT molecular complexity index is 1110. The molecule has 7 nitrogen and oxygen atoms in total. The molecule has 0 N–H and O–H groups in total. The first-order chi connectivity index (χ1) is 13.7. The first-order valence-electron chi connectivity index (χ1n) is 8.87. The number of amides is 1. The van der Waals surface area contributed by atoms with Crippen molar-refractivity contribution in [3.63, 3.8) is 0 Å². The zero-order valence-corrected chi connectivity index (χ0v) is 16.4. The van der Waals surface area contributed by atoms with Gasteiger partial charge in [0.15, 0.2) is 5.13 Å². The molecule has 0 unspecified atom stereocenters. The van der Waals surface area contributed by atoms with Crippen LogP contribution in [0.15, 0.2) is 54.9 Å². The highest BCUT2D eigenvalue weighted by Gasteiger charge is 2.24. The summed E-state index contributed by atoms with van der Waals surface area (Å²) < 4.78 is 7.96. The van der Waals surface area contributed by atoms with Gasteiger partial charge >= 0.3 is 0 Å². The predicted octanol–water partition coefficient (Wildman–Crippen LogP) is 3.76. The molecule has 0 aliphatic rings. The number of carbonyl (C=O) groups excluding carboxylic acids is 1. The molecule has 28 heavy (non-hydrogen) atoms. The molecule has 0 saturated heterocycles. The Balaban J connectivity index is 1.77. The maximum atomic E-state index is 13.4. The third-order valence-corrected chi connectivity index (χ3v) is 5.40. The number of ether oxygens (including phenoxy) is 1. The molecule has 4 aromatic rings. The van der Waals surface area contributed by atoms with Crippen molar-refractivity contribution in [1.82, 2.24) is 19.7 Å². The molecule has 3 heterocycles. The van der Waals surface area contributed by atoms with Crippen LogP contribution in [0.25, 0.3) is 10.2 Å². The number of thiazole rings is 1. The third kappa shape index (κ3) is 3.46. The standard InChI is InChI=1S/C20H19N5O2S/c1-3-25-17(9-11-22-25)19(26)24(13-14-6-4-5-10-21-14)20-23-16-12-15(27-2)7-8-18(16)28-20/h4-12H,3,13H2,1-2H3. The number of rotatable bonds is 6. The summed E-state index contributed by atoms with van der Waals surface area (Å²) in [6.45, 7) is 2.89. The lowest BCUT2D eigenvalue weighted by Crippen LogP contribution is -2.32. The van der Waals surface area contributed by atoms with E-state index in [1.165, 1.54) is 11.3 Å². The number of pyridine rings is 1. The molecule has 0 saturated carbocycles. The van der Waals surface area contributed by atoms with Crippen molar-refractivity contribution < 1.29 is 9.53 Å². The molecule has 8 heteroatoms. The summed E-state index contributed by atoms with van der Waals surface area (Å²) in [5.74, 6) is 0.576. The van der Waals surface area contributed by atoms with Crippen molar-refractivity contribution >= 4 is 32.6 Å². The highest BCUT2D eigenvalue weighted by atomic mass is 32.1. The average molecular weight is 393 g/mol. The third-order valence-electron chi connectivity index (χ3n) is 4.34. The first-order valence-corrected chi connectivity index (χ1v) is 9.69. The molecule has 3 aromatic heterocycles. The van der Waals surface area contributed by atoms with E-state index in [0.29, 0.717) is 23.9 Å². The van der Waals surface area contributed by atoms with Gasteiger partial charge in [-0.15, -0.1) is 0 Å². The summed E-state index contributed by atoms with van der Waals surface area (Å²) in [5, 5.41) is 4.84. The fourth-order valence-corrected chi connectivity index (χ4v) is 3.87. The quantitative estimate of drug-likeness (QED) is 0.499. The Morgan fingerprint density at radius 2 is 2.11 bits per heavy atom. The second kappa shape index (κ2) is 7.77. The van der Waals surface area contributed by atoms with Crippen LogP contribution < -0.4 is 9.64 Å². The van der Waals surface area contributed by atoms with Crippen molar-refractivity contribution in [2.75, 3.05) is 12.0 Å². The summed E-state index contributed by atoms with van der Waals surface area (Å²) in [5.41, 5.74) is 2.10. The van der Waals surface area contributed by atoms with Gasteiger partial charge in [-0.2, -0.15) is 5.10 Å². The van der Waals surface area contributed by atoms with E-state index in [-0.39, 0.29) is 5.91 Å². The monoisotopic (exact) mass is 393 g/mol. The summed E-state index contributed by atoms with van der Waals surface area (Å²) in [6.07, 6.45) is 3.36. The molecule has 1 aromatic carbocycles. The largest absolute Gasteiger partial charge is 0.497 e. The highest BCUT2D eigenvalue weighted by molar-refractivity contribution is 7.22. The van der Waals surface area contributed by atoms with Gasteiger partial charge in [-0.1, -0.05) is 17.4 Å². The second-order valence-electron chi connectivity index (χ2n) is 6.07. The van der Waals surface area contributed by atoms with Crippen LogP contribution in [0.1, 0.15) is 23.1 Å². The molecule has 4 rings (SSSR count). The predicted molar refractivity (Wildman–Crippen MR) is 109 cm³/mol. The van der Waals surface area contributed by atoms with Crippen LogP contribution in [0.5, 0.6) is 5.75 Å². The normalized spacial score (nSPS) is 10.9. The van der Waals surface area contributed by atoms with E-state index in [1.807, 2.05) is 43.3 Å². The van der Waals surface area contributed by atoms with Crippen molar-refractivity contribution in [2.45, 2.75) is 20.0 Å². The topological polar surface area (TPSA) is 73.1 Å². The van der Waals surface area contributed by atoms with E-state index in [4.69, 9.17) is 9.72 Å². The van der Waals surface area contributed by atoms with Gasteiger partial charge in [0.25, 0.3) is 5.91 Å². The fraction of sp³-hybridized carbons (Fsp3) is 0.200. The van der Waals surface area contributed by atoms with Crippen molar-refractivity contribution in [3.8, 4) is 5.75 Å². The number of fused-ring (bicyclic) bond motifs is 1. The molecule has 0 atom stereocenters. The van der Waals surface area contributed by atoms with Crippen molar-refractivity contribution in [1.29, 1.82) is 0 Å². The smallest absolute Gasteiger partial charge is 0.278 e. The van der Waals surface area contributed by atoms with E-state index in [1.54, 1.807) is 35.2 Å². The van der Waals surface area contributed by atoms with Gasteiger partial charge < -0.3 is 4.74 Å². The van der Waals surface area contributed by atoms with Crippen molar-refractivity contribution in [2.24, 2.45) is 0 Å². The molecule has 0 bridgehead atoms. The lowest BCUT2D eigenvalue weighted by Gasteiger charge is -2.19. The van der Waals surface area contributed by atoms with Crippen LogP contribution in [0.2, 0.25) is 0 Å². The molecule has 0 aliphatic heterocycles. The molecule has 0 radical (unpaired) electrons. The summed E-state index contributed by atoms with van der Waals surface area (Å²) in [7, 11) is 1.62. The summed E-state index contributed by atoms with van der Waals surface area (Å²) >= 11 is 1.46. The van der Waals surface area contributed by atoms with Gasteiger partial charge in [0.05, 0.1) is 29.6 Å². The molecule has 0 spiro atoms. The molecule has 142 valence electrons. The van der Waals surface area contributed by atoms with Gasteiger partial charge in [-0.3, -0.25) is 19.4 Å². The van der Waals surface area contributed by atoms with E-state index in [0.717, 1.165) is 21.7 Å². The maximum absolute atomic E-state index is 13.4. The van der Waals surface area contributed by atoms with Gasteiger partial charge in [0.2, 0.25) is 0 Å². The Morgan fingerprint density at radius 1 is 1.21 bits per heavy atom. The van der Waals surface area contributed by atoms with E-state index in [2.05, 4.69) is 10.1 Å². The van der Waals surface area contributed by atoms with Gasteiger partial charge in [-0.05, 0) is 37.3 Å². The molecule has 1 amide bonds. The SMILES string of the molecule is CCn1nccc1C(=O)N(Cc1ccccn1)c1nc2cc(OC)ccc2s1. The maximum Gasteiger partial charge on any atom is 0.278 e. The van der Waals surface area contributed by atoms with Crippen LogP contribution in [0.3, 0.4) is 0 Å². The number of aromatic nitrogens is 4. The van der Waals surface area contributed by atoms with Crippen LogP contribution >= 0.6 is 11.3 Å². The van der Waals surface area contributed by atoms with Crippen LogP contribution in [0.4, 0.5) is 5.13 Å². The highest BCUT2D eigenvalue weighted by Crippen LogP contribution is 2.32. The first kappa shape index (κ1) is 18.1. The number of anilines is 1. The van der Waals surface area contributed by atoms with Crippen LogP contribution in [-0.4, -0.2) is 32.8 Å². The molecular weight excluding hydrogens is 374 g/mol. The van der Waals surface area contributed by atoms with Gasteiger partial charge in [0.1, 0.15) is 11.4 Å². The number of hydrogen-bond donors (Lipinski definition) is 0. The summed E-state index contributed by atoms with van der Waals surface area (Å²) in [4.78, 5) is 24.1. The number of carbonyl (C=O) groups is 1. The lowest BCUT2D eigenvalue weighted by molar-refractivity contribution is 0.0974. The number of methoxy groups -OCH3 is 1. The minimum atomic E-state index is -0.156. The Labute approximate surface area is 166 Å². The summed E-state index contributed by atoms with van der Waals surface area (Å²) in [6, 6.07) is 13.1. The molecular formula is C20H19N5O2S. The zero-order valence-electron chi connectivity index (χ0n) is 15.6. The minimum Gasteiger partial charge on any atom is -0.497 e. The number of benzene rings is 1. The second-order valence-corrected chi connectivity index (χ2v) is 7.08. The van der Waals surface area contributed by atoms with Gasteiger partial charge in [0, 0.05) is 25.0 Å². The Kier molecular flexibility index (Phi) is 5.03. The van der Waals surface area contributed by atoms with E-state index >= 15 is 0 Å². The lowest BCUT2D eigenvalue weighted by atomic mass is 10.3. The Morgan fingerprint density at radius 3 is 2.86 bits per heavy atom. The number of aryl methyl sites for hydroxylation is 1. The molecule has 0 fully saturated rings.